The highest BCUT2D eigenvalue weighted by Crippen LogP contribution is 2.43. The fourth-order valence-electron chi connectivity index (χ4n) is 4.08. The number of rotatable bonds is 10. The van der Waals surface area contributed by atoms with E-state index in [9.17, 15) is 19.5 Å². The fraction of sp³-hybridized carbons (Fsp3) is 0.100. The van der Waals surface area contributed by atoms with Gasteiger partial charge in [0.25, 0.3) is 5.91 Å². The Morgan fingerprint density at radius 1 is 0.750 bits per heavy atom. The molecule has 14 heteroatoms. The van der Waals surface area contributed by atoms with Gasteiger partial charge in [0.05, 0.1) is 56.1 Å². The van der Waals surface area contributed by atoms with Gasteiger partial charge in [-0.2, -0.15) is 0 Å². The van der Waals surface area contributed by atoms with Crippen LogP contribution >= 0.6 is 69.8 Å². The topological polar surface area (TPSA) is 114 Å². The van der Waals surface area contributed by atoms with Crippen LogP contribution in [0, 0.1) is 0 Å². The maximum Gasteiger partial charge on any atom is 0.338 e. The van der Waals surface area contributed by atoms with E-state index in [1.165, 1.54) is 32.0 Å². The number of carboxylic acids is 1. The standard InChI is InChI=1S/C30H21Cl5N2O6S/c1-42-19-13-20(43-2)18(12-17(19)31)37-29(39)27(14-7-4-3-5-8-14)44-16-10-6-9-15(11-16)36-28(38)21-22(30(40)41)24(33)26(35)25(34)23(21)32/h3-13,27H,1-2H3,(H,36,38)(H,37,39)(H,40,41). The Morgan fingerprint density at radius 3 is 2.00 bits per heavy atom. The predicted octanol–water partition coefficient (Wildman–Crippen LogP) is 9.39. The molecule has 1 unspecified atom stereocenters. The quantitative estimate of drug-likeness (QED) is 0.0852. The van der Waals surface area contributed by atoms with Gasteiger partial charge in [0.15, 0.2) is 0 Å². The third-order valence-electron chi connectivity index (χ3n) is 6.13. The summed E-state index contributed by atoms with van der Waals surface area (Å²) in [7, 11) is 2.93. The van der Waals surface area contributed by atoms with Crippen LogP contribution in [0.4, 0.5) is 11.4 Å². The van der Waals surface area contributed by atoms with E-state index in [2.05, 4.69) is 10.6 Å². The van der Waals surface area contributed by atoms with Gasteiger partial charge in [-0.3, -0.25) is 9.59 Å². The number of amides is 2. The molecule has 0 bridgehead atoms. The van der Waals surface area contributed by atoms with E-state index in [4.69, 9.17) is 67.5 Å². The molecule has 1 atom stereocenters. The third-order valence-corrected chi connectivity index (χ3v) is 9.47. The number of carbonyl (C=O) groups excluding carboxylic acids is 2. The number of halogens is 5. The predicted molar refractivity (Wildman–Crippen MR) is 176 cm³/mol. The molecule has 0 saturated carbocycles. The third kappa shape index (κ3) is 7.31. The minimum absolute atomic E-state index is 0.260. The zero-order valence-corrected chi connectivity index (χ0v) is 27.3. The first-order chi connectivity index (χ1) is 21.0. The molecule has 4 aromatic carbocycles. The van der Waals surface area contributed by atoms with E-state index in [0.717, 1.165) is 0 Å². The Labute approximate surface area is 281 Å². The first-order valence-electron chi connectivity index (χ1n) is 12.4. The highest BCUT2D eigenvalue weighted by Gasteiger charge is 2.29. The zero-order valence-electron chi connectivity index (χ0n) is 22.7. The van der Waals surface area contributed by atoms with E-state index in [1.54, 1.807) is 30.3 Å². The zero-order chi connectivity index (χ0) is 32.1. The molecular formula is C30H21Cl5N2O6S. The molecule has 228 valence electrons. The normalized spacial score (nSPS) is 11.4. The molecule has 0 aromatic heterocycles. The van der Waals surface area contributed by atoms with Crippen molar-refractivity contribution in [3.8, 4) is 11.5 Å². The summed E-state index contributed by atoms with van der Waals surface area (Å²) in [6.07, 6.45) is 0. The number of hydrogen-bond acceptors (Lipinski definition) is 6. The summed E-state index contributed by atoms with van der Waals surface area (Å²) >= 11 is 31.9. The summed E-state index contributed by atoms with van der Waals surface area (Å²) in [5.74, 6) is -2.04. The van der Waals surface area contributed by atoms with Crippen LogP contribution in [-0.4, -0.2) is 37.1 Å². The van der Waals surface area contributed by atoms with Gasteiger partial charge in [0.2, 0.25) is 5.91 Å². The van der Waals surface area contributed by atoms with Crippen molar-refractivity contribution in [2.45, 2.75) is 10.1 Å². The second-order valence-electron chi connectivity index (χ2n) is 8.88. The van der Waals surface area contributed by atoms with Gasteiger partial charge in [-0.15, -0.1) is 11.8 Å². The number of ether oxygens (including phenoxy) is 2. The van der Waals surface area contributed by atoms with Crippen LogP contribution in [0.5, 0.6) is 11.5 Å². The second-order valence-corrected chi connectivity index (χ2v) is 12.0. The minimum atomic E-state index is -1.52. The molecule has 8 nitrogen and oxygen atoms in total. The van der Waals surface area contributed by atoms with Crippen molar-refractivity contribution < 1.29 is 29.0 Å². The van der Waals surface area contributed by atoms with Crippen LogP contribution in [0.1, 0.15) is 31.5 Å². The molecule has 0 aliphatic heterocycles. The van der Waals surface area contributed by atoms with Crippen molar-refractivity contribution in [3.05, 3.63) is 109 Å². The molecule has 4 aromatic rings. The molecule has 4 rings (SSSR count). The van der Waals surface area contributed by atoms with E-state index in [-0.39, 0.29) is 31.7 Å². The number of carbonyl (C=O) groups is 3. The molecule has 44 heavy (non-hydrogen) atoms. The Balaban J connectivity index is 1.64. The molecule has 3 N–H and O–H groups in total. The summed E-state index contributed by atoms with van der Waals surface area (Å²) < 4.78 is 10.7. The van der Waals surface area contributed by atoms with Crippen LogP contribution in [0.25, 0.3) is 0 Å². The maximum absolute atomic E-state index is 13.7. The molecule has 0 spiro atoms. The lowest BCUT2D eigenvalue weighted by atomic mass is 10.1. The lowest BCUT2D eigenvalue weighted by Crippen LogP contribution is -2.19. The Hall–Kier alpha value is -3.31. The lowest BCUT2D eigenvalue weighted by Gasteiger charge is -2.19. The number of carboxylic acid groups (broad SMARTS) is 1. The van der Waals surface area contributed by atoms with Crippen LogP contribution in [0.2, 0.25) is 25.1 Å². The number of hydrogen-bond donors (Lipinski definition) is 3. The molecule has 0 heterocycles. The van der Waals surface area contributed by atoms with Gasteiger partial charge < -0.3 is 25.2 Å². The Kier molecular flexibility index (Phi) is 11.2. The minimum Gasteiger partial charge on any atom is -0.495 e. The largest absolute Gasteiger partial charge is 0.495 e. The summed E-state index contributed by atoms with van der Waals surface area (Å²) in [4.78, 5) is 39.5. The van der Waals surface area contributed by atoms with Crippen LogP contribution in [-0.2, 0) is 4.79 Å². The van der Waals surface area contributed by atoms with Gasteiger partial charge in [-0.1, -0.05) is 94.4 Å². The molecule has 0 aliphatic carbocycles. The average Bonchev–Trinajstić information content (AvgIpc) is 3.00. The molecule has 0 fully saturated rings. The first-order valence-corrected chi connectivity index (χ1v) is 15.2. The smallest absolute Gasteiger partial charge is 0.338 e. The molecule has 2 amide bonds. The van der Waals surface area contributed by atoms with Crippen LogP contribution < -0.4 is 20.1 Å². The summed E-state index contributed by atoms with van der Waals surface area (Å²) in [5, 5.41) is 13.4. The van der Waals surface area contributed by atoms with Crippen molar-refractivity contribution in [1.82, 2.24) is 0 Å². The molecule has 0 aliphatic rings. The van der Waals surface area contributed by atoms with Crippen molar-refractivity contribution >= 4 is 98.9 Å². The van der Waals surface area contributed by atoms with Crippen molar-refractivity contribution in [2.24, 2.45) is 0 Å². The first kappa shape index (κ1) is 33.6. The fourth-order valence-corrected chi connectivity index (χ4v) is 6.42. The van der Waals surface area contributed by atoms with Crippen LogP contribution in [0.15, 0.2) is 71.6 Å². The van der Waals surface area contributed by atoms with E-state index >= 15 is 0 Å². The summed E-state index contributed by atoms with van der Waals surface area (Å²) in [5.41, 5.74) is 0.281. The van der Waals surface area contributed by atoms with Crippen molar-refractivity contribution in [1.29, 1.82) is 0 Å². The van der Waals surface area contributed by atoms with Crippen molar-refractivity contribution in [3.63, 3.8) is 0 Å². The number of anilines is 2. The Bertz CT molecular complexity index is 1760. The summed E-state index contributed by atoms with van der Waals surface area (Å²) in [6, 6.07) is 18.8. The maximum atomic E-state index is 13.7. The highest BCUT2D eigenvalue weighted by molar-refractivity contribution is 8.00. The van der Waals surface area contributed by atoms with Gasteiger partial charge in [0.1, 0.15) is 16.7 Å². The second kappa shape index (κ2) is 14.6. The van der Waals surface area contributed by atoms with E-state index < -0.39 is 33.3 Å². The number of methoxy groups -OCH3 is 2. The highest BCUT2D eigenvalue weighted by atomic mass is 35.5. The molecular weight excluding hydrogens is 694 g/mol. The molecule has 0 radical (unpaired) electrons. The van der Waals surface area contributed by atoms with Gasteiger partial charge in [-0.05, 0) is 29.8 Å². The number of nitrogens with one attached hydrogen (secondary N) is 2. The van der Waals surface area contributed by atoms with E-state index in [0.29, 0.717) is 27.6 Å². The monoisotopic (exact) mass is 712 g/mol. The van der Waals surface area contributed by atoms with E-state index in [1.807, 2.05) is 30.3 Å². The summed E-state index contributed by atoms with van der Waals surface area (Å²) in [6.45, 7) is 0. The Morgan fingerprint density at radius 2 is 1.39 bits per heavy atom. The number of benzene rings is 4. The average molecular weight is 715 g/mol. The molecule has 0 saturated heterocycles. The van der Waals surface area contributed by atoms with Crippen LogP contribution in [0.3, 0.4) is 0 Å². The van der Waals surface area contributed by atoms with Gasteiger partial charge in [-0.25, -0.2) is 4.79 Å². The number of aromatic carboxylic acids is 1. The lowest BCUT2D eigenvalue weighted by molar-refractivity contribution is -0.115. The van der Waals surface area contributed by atoms with Crippen molar-refractivity contribution in [2.75, 3.05) is 24.9 Å². The number of thioether (sulfide) groups is 1. The van der Waals surface area contributed by atoms with Gasteiger partial charge in [0, 0.05) is 16.6 Å². The van der Waals surface area contributed by atoms with Gasteiger partial charge >= 0.3 is 5.97 Å². The SMILES string of the molecule is COc1cc(OC)c(NC(=O)C(Sc2cccc(NC(=O)c3c(Cl)c(Cl)c(Cl)c(Cl)c3C(=O)O)c2)c2ccccc2)cc1Cl.